The van der Waals surface area contributed by atoms with Gasteiger partial charge in [0.25, 0.3) is 5.91 Å². The fourth-order valence-electron chi connectivity index (χ4n) is 13.6. The maximum Gasteiger partial charge on any atom is 0.319 e. The van der Waals surface area contributed by atoms with Crippen LogP contribution < -0.4 is 25.2 Å². The molecule has 3 amide bonds. The molecule has 2 bridgehead atoms. The van der Waals surface area contributed by atoms with Crippen molar-refractivity contribution in [2.24, 2.45) is 0 Å². The van der Waals surface area contributed by atoms with Gasteiger partial charge in [0.2, 0.25) is 11.8 Å². The number of piperazine rings is 1. The molecule has 3 aromatic carbocycles. The van der Waals surface area contributed by atoms with E-state index in [0.29, 0.717) is 43.2 Å². The zero-order chi connectivity index (χ0) is 48.6. The van der Waals surface area contributed by atoms with E-state index in [2.05, 4.69) is 56.5 Å². The first-order valence-electron chi connectivity index (χ1n) is 26.8. The summed E-state index contributed by atoms with van der Waals surface area (Å²) >= 11 is 0. The van der Waals surface area contributed by atoms with Crippen molar-refractivity contribution in [1.29, 1.82) is 0 Å². The summed E-state index contributed by atoms with van der Waals surface area (Å²) in [7, 11) is 0. The van der Waals surface area contributed by atoms with Crippen LogP contribution >= 0.6 is 0 Å². The number of aromatic nitrogens is 3. The highest BCUT2D eigenvalue weighted by Gasteiger charge is 2.41. The van der Waals surface area contributed by atoms with Crippen LogP contribution in [0.5, 0.6) is 11.8 Å². The summed E-state index contributed by atoms with van der Waals surface area (Å²) < 4.78 is 20.0. The smallest absolute Gasteiger partial charge is 0.319 e. The van der Waals surface area contributed by atoms with Crippen LogP contribution in [-0.2, 0) is 25.6 Å². The van der Waals surface area contributed by atoms with E-state index in [1.54, 1.807) is 4.90 Å². The number of amides is 3. The van der Waals surface area contributed by atoms with Crippen LogP contribution in [0.15, 0.2) is 54.7 Å². The SMILES string of the molecule is CC1c2c(ncc3c(N4CC5CCC(C4)N5)nc(OCCN4CCC(OC5CCC(OC6CCN(c7cccc8c7CN(C7CCC(=O)NC7=O)C8=O)CC6)CC5)CC4)nc23)-c2cc(O)cc3cccc1c23. The minimum absolute atomic E-state index is 0.0389. The highest BCUT2D eigenvalue weighted by Crippen LogP contribution is 2.49. The Morgan fingerprint density at radius 3 is 2.21 bits per heavy atom. The first-order valence-corrected chi connectivity index (χ1v) is 26.8. The summed E-state index contributed by atoms with van der Waals surface area (Å²) in [6, 6.07) is 16.6. The second-order valence-corrected chi connectivity index (χ2v) is 21.8. The van der Waals surface area contributed by atoms with Gasteiger partial charge in [0, 0.05) is 111 Å². The van der Waals surface area contributed by atoms with E-state index in [1.807, 2.05) is 30.5 Å². The van der Waals surface area contributed by atoms with E-state index in [0.717, 1.165) is 153 Å². The lowest BCUT2D eigenvalue weighted by Crippen LogP contribution is -2.52. The van der Waals surface area contributed by atoms with Crippen molar-refractivity contribution in [2.45, 2.75) is 139 Å². The molecule has 6 aliphatic heterocycles. The Hall–Kier alpha value is -5.94. The lowest BCUT2D eigenvalue weighted by atomic mass is 9.79. The number of phenols is 1. The fraction of sp³-hybridized carbons (Fsp3) is 0.536. The number of piperidine rings is 3. The number of rotatable bonds is 11. The molecule has 4 atom stereocenters. The van der Waals surface area contributed by atoms with Crippen molar-refractivity contribution in [3.63, 3.8) is 0 Å². The number of fused-ring (bicyclic) bond motifs is 7. The van der Waals surface area contributed by atoms with E-state index >= 15 is 0 Å². The molecule has 1 saturated carbocycles. The standard InChI is InChI=1S/C56H65N9O7/c1-32-41-5-2-4-33-26-36(66)27-43(50(33)41)51-49(32)52-44(28-57-51)53(64-29-34-8-9-35(30-64)58-34)61-56(60-52)70-25-24-62-20-16-39(17-21-62)71-37-10-12-38(13-11-37)72-40-18-22-63(23-19-40)46-7-3-6-42-45(46)31-65(55(42)69)47-14-15-48(67)59-54(47)68/h2-7,26-28,32,34-35,37-40,47,58,66H,8-25,29-31H2,1H3,(H,59,67,68). The molecule has 16 heteroatoms. The maximum atomic E-state index is 13.4. The van der Waals surface area contributed by atoms with Gasteiger partial charge in [0.1, 0.15) is 24.2 Å². The van der Waals surface area contributed by atoms with Crippen LogP contribution in [0.3, 0.4) is 0 Å². The van der Waals surface area contributed by atoms with Crippen LogP contribution in [-0.4, -0.2) is 143 Å². The van der Waals surface area contributed by atoms with Crippen LogP contribution in [0, 0.1) is 0 Å². The molecule has 5 saturated heterocycles. The number of benzene rings is 3. The Bertz CT molecular complexity index is 2930. The number of pyridine rings is 1. The highest BCUT2D eigenvalue weighted by molar-refractivity contribution is 6.07. The molecule has 2 aromatic heterocycles. The van der Waals surface area contributed by atoms with Gasteiger partial charge in [-0.1, -0.05) is 31.2 Å². The van der Waals surface area contributed by atoms with Crippen molar-refractivity contribution < 1.29 is 33.7 Å². The first kappa shape index (κ1) is 45.9. The predicted molar refractivity (Wildman–Crippen MR) is 273 cm³/mol. The summed E-state index contributed by atoms with van der Waals surface area (Å²) in [5.74, 6) is 0.375. The second kappa shape index (κ2) is 18.8. The van der Waals surface area contributed by atoms with Crippen LogP contribution in [0.1, 0.15) is 117 Å². The third-order valence-corrected chi connectivity index (χ3v) is 17.3. The summed E-state index contributed by atoms with van der Waals surface area (Å²) in [5.41, 5.74) is 7.64. The Balaban J connectivity index is 0.590. The van der Waals surface area contributed by atoms with Gasteiger partial charge in [-0.25, -0.2) is 0 Å². The quantitative estimate of drug-likeness (QED) is 0.121. The predicted octanol–water partition coefficient (Wildman–Crippen LogP) is 6.57. The van der Waals surface area contributed by atoms with E-state index < -0.39 is 6.04 Å². The van der Waals surface area contributed by atoms with Gasteiger partial charge < -0.3 is 39.3 Å². The van der Waals surface area contributed by atoms with E-state index in [1.165, 1.54) is 18.4 Å². The van der Waals surface area contributed by atoms with Gasteiger partial charge in [-0.15, -0.1) is 0 Å². The van der Waals surface area contributed by atoms with Gasteiger partial charge in [-0.2, -0.15) is 9.97 Å². The Kier molecular flexibility index (Phi) is 12.0. The van der Waals surface area contributed by atoms with E-state index in [9.17, 15) is 19.5 Å². The molecule has 4 unspecified atom stereocenters. The number of hydrogen-bond acceptors (Lipinski definition) is 14. The molecule has 0 radical (unpaired) electrons. The molecule has 376 valence electrons. The molecule has 8 aliphatic rings. The summed E-state index contributed by atoms with van der Waals surface area (Å²) in [5, 5.41) is 20.1. The fourth-order valence-corrected chi connectivity index (χ4v) is 13.6. The zero-order valence-corrected chi connectivity index (χ0v) is 41.2. The number of phenolic OH excluding ortho intramolecular Hbond substituents is 1. The number of carbonyl (C=O) groups excluding carboxylic acids is 3. The lowest BCUT2D eigenvalue weighted by molar-refractivity contribution is -0.136. The minimum atomic E-state index is -0.614. The summed E-state index contributed by atoms with van der Waals surface area (Å²) in [4.78, 5) is 62.1. The number of imide groups is 1. The number of nitrogens with zero attached hydrogens (tertiary/aromatic N) is 7. The average molecular weight is 976 g/mol. The largest absolute Gasteiger partial charge is 0.508 e. The molecule has 72 heavy (non-hydrogen) atoms. The van der Waals surface area contributed by atoms with Gasteiger partial charge in [0.15, 0.2) is 0 Å². The third kappa shape index (κ3) is 8.51. The average Bonchev–Trinajstić information content (AvgIpc) is 3.92. The van der Waals surface area contributed by atoms with Gasteiger partial charge in [-0.3, -0.25) is 29.6 Å². The molecular weight excluding hydrogens is 911 g/mol. The number of ether oxygens (including phenoxy) is 3. The van der Waals surface area contributed by atoms with Crippen molar-refractivity contribution in [3.05, 3.63) is 77.0 Å². The Labute approximate surface area is 419 Å². The number of likely N-dealkylation sites (tertiary alicyclic amines) is 1. The van der Waals surface area contributed by atoms with Crippen LogP contribution in [0.25, 0.3) is 32.9 Å². The first-order chi connectivity index (χ1) is 35.2. The van der Waals surface area contributed by atoms with E-state index in [-0.39, 0.29) is 60.2 Å². The number of aromatic hydroxyl groups is 1. The summed E-state index contributed by atoms with van der Waals surface area (Å²) in [6.45, 7) is 9.32. The van der Waals surface area contributed by atoms with Gasteiger partial charge in [-0.05, 0) is 111 Å². The van der Waals surface area contributed by atoms with Crippen LogP contribution in [0.4, 0.5) is 11.5 Å². The molecule has 8 heterocycles. The molecule has 3 N–H and O–H groups in total. The molecule has 2 aliphatic carbocycles. The molecule has 5 aromatic rings. The molecule has 0 spiro atoms. The Morgan fingerprint density at radius 2 is 1.47 bits per heavy atom. The normalized spacial score (nSPS) is 26.9. The van der Waals surface area contributed by atoms with Crippen molar-refractivity contribution in [2.75, 3.05) is 62.2 Å². The van der Waals surface area contributed by atoms with Crippen molar-refractivity contribution >= 4 is 50.9 Å². The lowest BCUT2D eigenvalue weighted by Gasteiger charge is -2.38. The van der Waals surface area contributed by atoms with Gasteiger partial charge >= 0.3 is 6.01 Å². The number of hydrogen-bond donors (Lipinski definition) is 3. The highest BCUT2D eigenvalue weighted by atomic mass is 16.5. The summed E-state index contributed by atoms with van der Waals surface area (Å²) in [6.07, 6.45) is 13.9. The molecule has 6 fully saturated rings. The minimum Gasteiger partial charge on any atom is -0.508 e. The number of anilines is 2. The van der Waals surface area contributed by atoms with Crippen LogP contribution in [0.2, 0.25) is 0 Å². The molecule has 13 rings (SSSR count). The third-order valence-electron chi connectivity index (χ3n) is 17.3. The van der Waals surface area contributed by atoms with Crippen molar-refractivity contribution in [3.8, 4) is 23.0 Å². The topological polar surface area (TPSA) is 175 Å². The monoisotopic (exact) mass is 976 g/mol. The second-order valence-electron chi connectivity index (χ2n) is 21.8. The Morgan fingerprint density at radius 1 is 0.764 bits per heavy atom. The van der Waals surface area contributed by atoms with Gasteiger partial charge in [0.05, 0.1) is 41.0 Å². The zero-order valence-electron chi connectivity index (χ0n) is 41.2. The number of nitrogens with one attached hydrogen (secondary N) is 2. The van der Waals surface area contributed by atoms with E-state index in [4.69, 9.17) is 29.2 Å². The maximum absolute atomic E-state index is 13.4. The molecular formula is C56H65N9O7. The molecule has 16 nitrogen and oxygen atoms in total. The van der Waals surface area contributed by atoms with Crippen molar-refractivity contribution in [1.82, 2.24) is 35.4 Å². The number of carbonyl (C=O) groups is 3.